The van der Waals surface area contributed by atoms with Crippen LogP contribution in [0.5, 0.6) is 0 Å². The van der Waals surface area contributed by atoms with Crippen LogP contribution in [0.2, 0.25) is 0 Å². The van der Waals surface area contributed by atoms with E-state index in [4.69, 9.17) is 4.74 Å². The van der Waals surface area contributed by atoms with Crippen LogP contribution in [0.3, 0.4) is 0 Å². The van der Waals surface area contributed by atoms with Gasteiger partial charge in [0.2, 0.25) is 0 Å². The molecular weight excluding hydrogens is 192 g/mol. The topological polar surface area (TPSA) is 43.4 Å². The highest BCUT2D eigenvalue weighted by Crippen LogP contribution is 2.06. The molecule has 0 aliphatic rings. The summed E-state index contributed by atoms with van der Waals surface area (Å²) in [6, 6.07) is 0. The van der Waals surface area contributed by atoms with Gasteiger partial charge in [0.05, 0.1) is 6.61 Å². The van der Waals surface area contributed by atoms with Crippen molar-refractivity contribution in [1.29, 1.82) is 0 Å². The highest BCUT2D eigenvalue weighted by atomic mass is 16.5. The molecule has 0 spiro atoms. The SMILES string of the molecule is CC(C)CCC(=O)CC(=O)OCC(C)C. The van der Waals surface area contributed by atoms with E-state index < -0.39 is 5.97 Å². The molecule has 3 nitrogen and oxygen atoms in total. The third-order valence-corrected chi connectivity index (χ3v) is 1.92. The quantitative estimate of drug-likeness (QED) is 0.483. The van der Waals surface area contributed by atoms with Crippen LogP contribution in [0.1, 0.15) is 47.0 Å². The van der Waals surface area contributed by atoms with Crippen molar-refractivity contribution in [2.24, 2.45) is 11.8 Å². The summed E-state index contributed by atoms with van der Waals surface area (Å²) in [6.45, 7) is 8.45. The zero-order valence-corrected chi connectivity index (χ0v) is 10.2. The van der Waals surface area contributed by atoms with Crippen LogP contribution >= 0.6 is 0 Å². The Morgan fingerprint density at radius 1 is 1.07 bits per heavy atom. The van der Waals surface area contributed by atoms with Crippen molar-refractivity contribution in [2.75, 3.05) is 6.61 Å². The fourth-order valence-corrected chi connectivity index (χ4v) is 1.01. The largest absolute Gasteiger partial charge is 0.465 e. The fourth-order valence-electron chi connectivity index (χ4n) is 1.01. The van der Waals surface area contributed by atoms with E-state index in [9.17, 15) is 9.59 Å². The molecule has 0 saturated carbocycles. The molecule has 88 valence electrons. The lowest BCUT2D eigenvalue weighted by molar-refractivity contribution is -0.147. The maximum atomic E-state index is 11.3. The third kappa shape index (κ3) is 9.44. The molecule has 0 bridgehead atoms. The van der Waals surface area contributed by atoms with Gasteiger partial charge >= 0.3 is 5.97 Å². The van der Waals surface area contributed by atoms with Gasteiger partial charge in [-0.3, -0.25) is 9.59 Å². The minimum Gasteiger partial charge on any atom is -0.465 e. The number of ketones is 1. The maximum absolute atomic E-state index is 11.3. The summed E-state index contributed by atoms with van der Waals surface area (Å²) in [7, 11) is 0. The van der Waals surface area contributed by atoms with E-state index in [0.29, 0.717) is 24.9 Å². The van der Waals surface area contributed by atoms with Gasteiger partial charge in [0.1, 0.15) is 12.2 Å². The standard InChI is InChI=1S/C12H22O3/c1-9(2)5-6-11(13)7-12(14)15-8-10(3)4/h9-10H,5-8H2,1-4H3. The Bertz CT molecular complexity index is 185. The van der Waals surface area contributed by atoms with Crippen molar-refractivity contribution in [2.45, 2.75) is 47.0 Å². The number of carbonyl (C=O) groups excluding carboxylic acids is 2. The molecule has 0 N–H and O–H groups in total. The van der Waals surface area contributed by atoms with Crippen LogP contribution in [0.4, 0.5) is 0 Å². The highest BCUT2D eigenvalue weighted by molar-refractivity contribution is 5.95. The van der Waals surface area contributed by atoms with Crippen LogP contribution in [0.15, 0.2) is 0 Å². The van der Waals surface area contributed by atoms with Crippen LogP contribution in [0, 0.1) is 11.8 Å². The molecule has 0 aromatic rings. The Balaban J connectivity index is 3.63. The lowest BCUT2D eigenvalue weighted by atomic mass is 10.0. The zero-order valence-electron chi connectivity index (χ0n) is 10.2. The second-order valence-electron chi connectivity index (χ2n) is 4.72. The van der Waals surface area contributed by atoms with Gasteiger partial charge in [0.25, 0.3) is 0 Å². The van der Waals surface area contributed by atoms with Gasteiger partial charge in [-0.15, -0.1) is 0 Å². The predicted molar refractivity (Wildman–Crippen MR) is 59.5 cm³/mol. The molecule has 0 atom stereocenters. The molecule has 0 aliphatic heterocycles. The van der Waals surface area contributed by atoms with E-state index in [1.807, 2.05) is 13.8 Å². The Labute approximate surface area is 92.2 Å². The summed E-state index contributed by atoms with van der Waals surface area (Å²) in [4.78, 5) is 22.5. The van der Waals surface area contributed by atoms with Crippen LogP contribution in [0.25, 0.3) is 0 Å². The van der Waals surface area contributed by atoms with E-state index in [2.05, 4.69) is 13.8 Å². The number of esters is 1. The molecule has 0 unspecified atom stereocenters. The van der Waals surface area contributed by atoms with E-state index in [-0.39, 0.29) is 12.2 Å². The molecule has 0 aromatic carbocycles. The predicted octanol–water partition coefficient (Wildman–Crippen LogP) is 2.58. The average Bonchev–Trinajstić information content (AvgIpc) is 2.11. The van der Waals surface area contributed by atoms with Gasteiger partial charge < -0.3 is 4.74 Å². The Hall–Kier alpha value is -0.860. The minimum absolute atomic E-state index is 0.0162. The number of hydrogen-bond acceptors (Lipinski definition) is 3. The average molecular weight is 214 g/mol. The van der Waals surface area contributed by atoms with E-state index in [0.717, 1.165) is 6.42 Å². The van der Waals surface area contributed by atoms with Gasteiger partial charge in [0, 0.05) is 6.42 Å². The molecule has 0 amide bonds. The van der Waals surface area contributed by atoms with E-state index in [1.54, 1.807) is 0 Å². The first-order valence-electron chi connectivity index (χ1n) is 5.59. The normalized spacial score (nSPS) is 10.8. The van der Waals surface area contributed by atoms with Gasteiger partial charge in [0.15, 0.2) is 0 Å². The molecule has 3 heteroatoms. The van der Waals surface area contributed by atoms with Gasteiger partial charge in [-0.05, 0) is 18.3 Å². The van der Waals surface area contributed by atoms with Gasteiger partial charge in [-0.2, -0.15) is 0 Å². The molecule has 0 radical (unpaired) electrons. The second-order valence-corrected chi connectivity index (χ2v) is 4.72. The van der Waals surface area contributed by atoms with Crippen molar-refractivity contribution < 1.29 is 14.3 Å². The summed E-state index contributed by atoms with van der Waals surface area (Å²) < 4.78 is 4.92. The fraction of sp³-hybridized carbons (Fsp3) is 0.833. The lowest BCUT2D eigenvalue weighted by Crippen LogP contribution is -2.14. The first-order chi connectivity index (χ1) is 6.91. The number of carbonyl (C=O) groups is 2. The smallest absolute Gasteiger partial charge is 0.313 e. The summed E-state index contributed by atoms with van der Waals surface area (Å²) in [5, 5.41) is 0. The zero-order chi connectivity index (χ0) is 11.8. The molecule has 0 heterocycles. The molecular formula is C12H22O3. The lowest BCUT2D eigenvalue weighted by Gasteiger charge is -2.07. The molecule has 0 saturated heterocycles. The Morgan fingerprint density at radius 3 is 2.13 bits per heavy atom. The second kappa shape index (κ2) is 7.43. The first-order valence-corrected chi connectivity index (χ1v) is 5.59. The van der Waals surface area contributed by atoms with Crippen LogP contribution < -0.4 is 0 Å². The van der Waals surface area contributed by atoms with Crippen molar-refractivity contribution in [3.8, 4) is 0 Å². The van der Waals surface area contributed by atoms with Crippen molar-refractivity contribution in [3.05, 3.63) is 0 Å². The molecule has 0 rings (SSSR count). The monoisotopic (exact) mass is 214 g/mol. The summed E-state index contributed by atoms with van der Waals surface area (Å²) in [6.07, 6.45) is 1.25. The third-order valence-electron chi connectivity index (χ3n) is 1.92. The van der Waals surface area contributed by atoms with Crippen molar-refractivity contribution in [1.82, 2.24) is 0 Å². The Morgan fingerprint density at radius 2 is 1.67 bits per heavy atom. The number of ether oxygens (including phenoxy) is 1. The maximum Gasteiger partial charge on any atom is 0.313 e. The summed E-state index contributed by atoms with van der Waals surface area (Å²) >= 11 is 0. The summed E-state index contributed by atoms with van der Waals surface area (Å²) in [5.74, 6) is 0.412. The van der Waals surface area contributed by atoms with Crippen molar-refractivity contribution in [3.63, 3.8) is 0 Å². The van der Waals surface area contributed by atoms with Crippen molar-refractivity contribution >= 4 is 11.8 Å². The summed E-state index contributed by atoms with van der Waals surface area (Å²) in [5.41, 5.74) is 0. The van der Waals surface area contributed by atoms with Crippen LogP contribution in [-0.2, 0) is 14.3 Å². The molecule has 0 aromatic heterocycles. The number of Topliss-reactive ketones (excluding diaryl/α,β-unsaturated/α-hetero) is 1. The highest BCUT2D eigenvalue weighted by Gasteiger charge is 2.11. The first kappa shape index (κ1) is 14.1. The van der Waals surface area contributed by atoms with Gasteiger partial charge in [-0.1, -0.05) is 27.7 Å². The molecule has 0 fully saturated rings. The van der Waals surface area contributed by atoms with Gasteiger partial charge in [-0.25, -0.2) is 0 Å². The Kier molecular flexibility index (Phi) is 7.01. The number of rotatable bonds is 7. The molecule has 15 heavy (non-hydrogen) atoms. The van der Waals surface area contributed by atoms with E-state index >= 15 is 0 Å². The minimum atomic E-state index is -0.391. The molecule has 0 aliphatic carbocycles. The number of hydrogen-bond donors (Lipinski definition) is 0. The van der Waals surface area contributed by atoms with Crippen LogP contribution in [-0.4, -0.2) is 18.4 Å². The van der Waals surface area contributed by atoms with E-state index in [1.165, 1.54) is 0 Å².